The SMILES string of the molecule is COCOc1c(-c2ccc3c(c2)CCC3=O)ccc(OC)c1OC. The zero-order valence-electron chi connectivity index (χ0n) is 14.0. The van der Waals surface area contributed by atoms with E-state index >= 15 is 0 Å². The lowest BCUT2D eigenvalue weighted by molar-refractivity contribution is 0.0493. The van der Waals surface area contributed by atoms with Crippen LogP contribution in [0.5, 0.6) is 17.2 Å². The second kappa shape index (κ2) is 6.93. The number of carbonyl (C=O) groups excluding carboxylic acids is 1. The van der Waals surface area contributed by atoms with Gasteiger partial charge in [0.05, 0.1) is 14.2 Å². The van der Waals surface area contributed by atoms with Gasteiger partial charge >= 0.3 is 0 Å². The number of rotatable bonds is 6. The summed E-state index contributed by atoms with van der Waals surface area (Å²) < 4.78 is 21.6. The summed E-state index contributed by atoms with van der Waals surface area (Å²) in [7, 11) is 4.72. The number of aryl methyl sites for hydroxylation is 1. The van der Waals surface area contributed by atoms with Gasteiger partial charge in [-0.05, 0) is 29.7 Å². The summed E-state index contributed by atoms with van der Waals surface area (Å²) in [5.41, 5.74) is 3.73. The van der Waals surface area contributed by atoms with Crippen molar-refractivity contribution < 1.29 is 23.7 Å². The number of methoxy groups -OCH3 is 3. The largest absolute Gasteiger partial charge is 0.493 e. The Hall–Kier alpha value is -2.53. The lowest BCUT2D eigenvalue weighted by Crippen LogP contribution is -2.03. The van der Waals surface area contributed by atoms with Crippen LogP contribution in [-0.4, -0.2) is 33.9 Å². The average Bonchev–Trinajstić information content (AvgIpc) is 2.99. The molecule has 0 atom stereocenters. The highest BCUT2D eigenvalue weighted by Crippen LogP contribution is 2.45. The van der Waals surface area contributed by atoms with Crippen LogP contribution in [0.3, 0.4) is 0 Å². The zero-order valence-corrected chi connectivity index (χ0v) is 14.0. The standard InChI is InChI=1S/C19H20O5/c1-21-11-24-18-15(7-9-17(22-2)19(18)23-3)13-4-6-14-12(10-13)5-8-16(14)20/h4,6-7,9-10H,5,8,11H2,1-3H3. The Labute approximate surface area is 141 Å². The number of hydrogen-bond acceptors (Lipinski definition) is 5. The predicted octanol–water partition coefficient (Wildman–Crippen LogP) is 3.48. The van der Waals surface area contributed by atoms with Gasteiger partial charge in [-0.15, -0.1) is 0 Å². The average molecular weight is 328 g/mol. The van der Waals surface area contributed by atoms with Crippen molar-refractivity contribution in [3.63, 3.8) is 0 Å². The summed E-state index contributed by atoms with van der Waals surface area (Å²) in [6, 6.07) is 9.62. The summed E-state index contributed by atoms with van der Waals surface area (Å²) in [4.78, 5) is 11.8. The van der Waals surface area contributed by atoms with Gasteiger partial charge in [0, 0.05) is 24.7 Å². The van der Waals surface area contributed by atoms with Crippen molar-refractivity contribution in [2.24, 2.45) is 0 Å². The first-order valence-electron chi connectivity index (χ1n) is 7.72. The minimum atomic E-state index is 0.0972. The van der Waals surface area contributed by atoms with Crippen LogP contribution in [0.1, 0.15) is 22.3 Å². The number of ether oxygens (including phenoxy) is 4. The third-order valence-electron chi connectivity index (χ3n) is 4.16. The van der Waals surface area contributed by atoms with Crippen LogP contribution >= 0.6 is 0 Å². The van der Waals surface area contributed by atoms with Gasteiger partial charge in [-0.25, -0.2) is 0 Å². The Morgan fingerprint density at radius 2 is 1.71 bits per heavy atom. The Balaban J connectivity index is 2.11. The van der Waals surface area contributed by atoms with Gasteiger partial charge in [-0.3, -0.25) is 4.79 Å². The minimum absolute atomic E-state index is 0.0972. The smallest absolute Gasteiger partial charge is 0.204 e. The van der Waals surface area contributed by atoms with Gasteiger partial charge in [0.1, 0.15) is 0 Å². The van der Waals surface area contributed by atoms with Crippen LogP contribution in [0.4, 0.5) is 0 Å². The maximum atomic E-state index is 11.8. The summed E-state index contributed by atoms with van der Waals surface area (Å²) in [6.07, 6.45) is 1.36. The first-order valence-corrected chi connectivity index (χ1v) is 7.72. The molecule has 0 aromatic heterocycles. The number of carbonyl (C=O) groups is 1. The molecule has 0 radical (unpaired) electrons. The van der Waals surface area contributed by atoms with Gasteiger partial charge in [0.25, 0.3) is 0 Å². The number of ketones is 1. The summed E-state index contributed by atoms with van der Waals surface area (Å²) in [5.74, 6) is 1.87. The lowest BCUT2D eigenvalue weighted by atomic mass is 9.99. The van der Waals surface area contributed by atoms with Crippen LogP contribution in [-0.2, 0) is 11.2 Å². The third-order valence-corrected chi connectivity index (χ3v) is 4.16. The lowest BCUT2D eigenvalue weighted by Gasteiger charge is -2.17. The fraction of sp³-hybridized carbons (Fsp3) is 0.316. The van der Waals surface area contributed by atoms with Crippen LogP contribution in [0.2, 0.25) is 0 Å². The molecule has 1 aliphatic carbocycles. The van der Waals surface area contributed by atoms with E-state index in [-0.39, 0.29) is 12.6 Å². The molecule has 1 aliphatic rings. The number of hydrogen-bond donors (Lipinski definition) is 0. The van der Waals surface area contributed by atoms with Crippen molar-refractivity contribution in [2.75, 3.05) is 28.1 Å². The summed E-state index contributed by atoms with van der Waals surface area (Å²) in [5, 5.41) is 0. The Kier molecular flexibility index (Phi) is 4.71. The van der Waals surface area contributed by atoms with Crippen LogP contribution < -0.4 is 14.2 Å². The molecule has 5 heteroatoms. The maximum Gasteiger partial charge on any atom is 0.204 e. The number of fused-ring (bicyclic) bond motifs is 1. The van der Waals surface area contributed by atoms with Gasteiger partial charge in [-0.2, -0.15) is 0 Å². The van der Waals surface area contributed by atoms with Crippen LogP contribution in [0, 0.1) is 0 Å². The molecule has 0 saturated heterocycles. The maximum absolute atomic E-state index is 11.8. The normalized spacial score (nSPS) is 12.9. The Bertz CT molecular complexity index is 767. The van der Waals surface area contributed by atoms with Crippen molar-refractivity contribution in [1.82, 2.24) is 0 Å². The fourth-order valence-electron chi connectivity index (χ4n) is 3.01. The molecule has 0 spiro atoms. The van der Waals surface area contributed by atoms with E-state index in [0.29, 0.717) is 23.7 Å². The highest BCUT2D eigenvalue weighted by Gasteiger charge is 2.22. The number of benzene rings is 2. The van der Waals surface area contributed by atoms with Gasteiger partial charge in [-0.1, -0.05) is 18.2 Å². The molecule has 0 heterocycles. The predicted molar refractivity (Wildman–Crippen MR) is 90.1 cm³/mol. The molecule has 0 N–H and O–H groups in total. The monoisotopic (exact) mass is 328 g/mol. The molecule has 0 amide bonds. The van der Waals surface area contributed by atoms with E-state index in [9.17, 15) is 4.79 Å². The Morgan fingerprint density at radius 1 is 0.917 bits per heavy atom. The van der Waals surface area contributed by atoms with E-state index in [1.807, 2.05) is 30.3 Å². The molecule has 0 aliphatic heterocycles. The molecule has 0 unspecified atom stereocenters. The van der Waals surface area contributed by atoms with Crippen LogP contribution in [0.25, 0.3) is 11.1 Å². The highest BCUT2D eigenvalue weighted by molar-refractivity contribution is 6.01. The summed E-state index contributed by atoms with van der Waals surface area (Å²) in [6.45, 7) is 0.0972. The van der Waals surface area contributed by atoms with Gasteiger partial charge < -0.3 is 18.9 Å². The van der Waals surface area contributed by atoms with E-state index in [4.69, 9.17) is 18.9 Å². The van der Waals surface area contributed by atoms with E-state index in [0.717, 1.165) is 28.7 Å². The molecular formula is C19H20O5. The molecule has 2 aromatic carbocycles. The highest BCUT2D eigenvalue weighted by atomic mass is 16.7. The zero-order chi connectivity index (χ0) is 17.1. The van der Waals surface area contributed by atoms with Gasteiger partial charge in [0.15, 0.2) is 24.1 Å². The van der Waals surface area contributed by atoms with E-state index < -0.39 is 0 Å². The van der Waals surface area contributed by atoms with Crippen molar-refractivity contribution in [2.45, 2.75) is 12.8 Å². The molecule has 2 aromatic rings. The first-order chi connectivity index (χ1) is 11.7. The van der Waals surface area contributed by atoms with E-state index in [1.54, 1.807) is 21.3 Å². The molecule has 0 fully saturated rings. The van der Waals surface area contributed by atoms with Crippen molar-refractivity contribution >= 4 is 5.78 Å². The topological polar surface area (TPSA) is 54.0 Å². The molecule has 0 saturated carbocycles. The molecule has 3 rings (SSSR count). The molecule has 5 nitrogen and oxygen atoms in total. The quantitative estimate of drug-likeness (QED) is 0.760. The van der Waals surface area contributed by atoms with E-state index in [1.165, 1.54) is 0 Å². The molecule has 24 heavy (non-hydrogen) atoms. The molecular weight excluding hydrogens is 308 g/mol. The number of Topliss-reactive ketones (excluding diaryl/α,β-unsaturated/α-hetero) is 1. The van der Waals surface area contributed by atoms with Crippen molar-refractivity contribution in [3.05, 3.63) is 41.5 Å². The minimum Gasteiger partial charge on any atom is -0.493 e. The Morgan fingerprint density at radius 3 is 2.42 bits per heavy atom. The van der Waals surface area contributed by atoms with Crippen LogP contribution in [0.15, 0.2) is 30.3 Å². The second-order valence-corrected chi connectivity index (χ2v) is 5.52. The van der Waals surface area contributed by atoms with E-state index in [2.05, 4.69) is 0 Å². The first kappa shape index (κ1) is 16.3. The molecule has 126 valence electrons. The van der Waals surface area contributed by atoms with Crippen molar-refractivity contribution in [1.29, 1.82) is 0 Å². The third kappa shape index (κ3) is 2.83. The molecule has 0 bridgehead atoms. The summed E-state index contributed by atoms with van der Waals surface area (Å²) >= 11 is 0. The second-order valence-electron chi connectivity index (χ2n) is 5.52. The van der Waals surface area contributed by atoms with Gasteiger partial charge in [0.2, 0.25) is 5.75 Å². The van der Waals surface area contributed by atoms with Crippen molar-refractivity contribution in [3.8, 4) is 28.4 Å². The fourth-order valence-corrected chi connectivity index (χ4v) is 3.01.